The number of thiophene rings is 1. The van der Waals surface area contributed by atoms with E-state index in [2.05, 4.69) is 66.2 Å². The number of aliphatic carboxylic acids is 1. The second-order valence-electron chi connectivity index (χ2n) is 6.61. The first-order valence-electron chi connectivity index (χ1n) is 8.84. The maximum Gasteiger partial charge on any atom is 0.317 e. The van der Waals surface area contributed by atoms with Crippen LogP contribution in [0.15, 0.2) is 71.4 Å². The van der Waals surface area contributed by atoms with Crippen LogP contribution in [-0.2, 0) is 4.79 Å². The molecule has 4 heteroatoms. The van der Waals surface area contributed by atoms with E-state index in [1.165, 1.54) is 22.3 Å². The minimum atomic E-state index is -0.816. The predicted molar refractivity (Wildman–Crippen MR) is 113 cm³/mol. The van der Waals surface area contributed by atoms with Crippen LogP contribution < -0.4 is 0 Å². The van der Waals surface area contributed by atoms with E-state index in [0.29, 0.717) is 6.54 Å². The van der Waals surface area contributed by atoms with E-state index < -0.39 is 5.97 Å². The number of aryl methyl sites for hydroxylation is 1. The van der Waals surface area contributed by atoms with Crippen LogP contribution in [-0.4, -0.2) is 36.1 Å². The van der Waals surface area contributed by atoms with Crippen molar-refractivity contribution < 1.29 is 9.90 Å². The van der Waals surface area contributed by atoms with Crippen molar-refractivity contribution in [1.29, 1.82) is 0 Å². The highest BCUT2D eigenvalue weighted by molar-refractivity contribution is 7.08. The average molecular weight is 378 g/mol. The highest BCUT2D eigenvalue weighted by atomic mass is 32.1. The molecule has 3 aromatic rings. The van der Waals surface area contributed by atoms with E-state index in [1.54, 1.807) is 16.2 Å². The Kier molecular flexibility index (Phi) is 6.22. The quantitative estimate of drug-likeness (QED) is 0.617. The zero-order valence-electron chi connectivity index (χ0n) is 15.6. The number of carbonyl (C=O) groups is 1. The fourth-order valence-electron chi connectivity index (χ4n) is 3.07. The van der Waals surface area contributed by atoms with Gasteiger partial charge in [0, 0.05) is 6.54 Å². The van der Waals surface area contributed by atoms with Gasteiger partial charge in [0.2, 0.25) is 0 Å². The van der Waals surface area contributed by atoms with Crippen molar-refractivity contribution in [3.05, 3.63) is 88.1 Å². The molecule has 138 valence electrons. The van der Waals surface area contributed by atoms with Gasteiger partial charge in [-0.25, -0.2) is 0 Å². The summed E-state index contributed by atoms with van der Waals surface area (Å²) in [6.45, 7) is 2.70. The Labute approximate surface area is 164 Å². The van der Waals surface area contributed by atoms with Crippen molar-refractivity contribution in [3.8, 4) is 11.1 Å². The third kappa shape index (κ3) is 4.94. The molecule has 0 aliphatic heterocycles. The lowest BCUT2D eigenvalue weighted by molar-refractivity contribution is -0.137. The third-order valence-corrected chi connectivity index (χ3v) is 5.18. The molecule has 0 saturated carbocycles. The molecule has 0 fully saturated rings. The third-order valence-electron chi connectivity index (χ3n) is 4.50. The lowest BCUT2D eigenvalue weighted by Crippen LogP contribution is -2.25. The van der Waals surface area contributed by atoms with Gasteiger partial charge in [-0.05, 0) is 64.2 Å². The first-order valence-corrected chi connectivity index (χ1v) is 9.78. The largest absolute Gasteiger partial charge is 0.480 e. The van der Waals surface area contributed by atoms with Gasteiger partial charge >= 0.3 is 5.97 Å². The minimum Gasteiger partial charge on any atom is -0.480 e. The monoisotopic (exact) mass is 377 g/mol. The van der Waals surface area contributed by atoms with Crippen molar-refractivity contribution in [1.82, 2.24) is 4.90 Å². The SMILES string of the molecule is Cc1ccccc1/C(=C\CN(C)CC(=O)O)c1ccc(-c2ccsc2)cc1. The van der Waals surface area contributed by atoms with Crippen molar-refractivity contribution in [3.63, 3.8) is 0 Å². The Balaban J connectivity index is 1.94. The normalized spacial score (nSPS) is 11.7. The Morgan fingerprint density at radius 2 is 1.81 bits per heavy atom. The summed E-state index contributed by atoms with van der Waals surface area (Å²) in [5, 5.41) is 13.2. The van der Waals surface area contributed by atoms with Gasteiger partial charge in [-0.2, -0.15) is 11.3 Å². The van der Waals surface area contributed by atoms with Crippen LogP contribution in [0.2, 0.25) is 0 Å². The number of nitrogens with zero attached hydrogens (tertiary/aromatic N) is 1. The first-order chi connectivity index (χ1) is 13.0. The Morgan fingerprint density at radius 3 is 2.44 bits per heavy atom. The molecular formula is C23H23NO2S. The molecule has 0 amide bonds. The number of likely N-dealkylation sites (N-methyl/N-ethyl adjacent to an activating group) is 1. The molecule has 1 N–H and O–H groups in total. The number of carboxylic acid groups (broad SMARTS) is 1. The van der Waals surface area contributed by atoms with Gasteiger partial charge < -0.3 is 5.11 Å². The highest BCUT2D eigenvalue weighted by Gasteiger charge is 2.10. The number of rotatable bonds is 7. The summed E-state index contributed by atoms with van der Waals surface area (Å²) < 4.78 is 0. The molecular weight excluding hydrogens is 354 g/mol. The maximum absolute atomic E-state index is 10.9. The Morgan fingerprint density at radius 1 is 1.07 bits per heavy atom. The van der Waals surface area contributed by atoms with Crippen LogP contribution in [0.4, 0.5) is 0 Å². The summed E-state index contributed by atoms with van der Waals surface area (Å²) in [5.41, 5.74) is 7.06. The van der Waals surface area contributed by atoms with Gasteiger partial charge in [-0.15, -0.1) is 0 Å². The van der Waals surface area contributed by atoms with Gasteiger partial charge in [-0.3, -0.25) is 9.69 Å². The van der Waals surface area contributed by atoms with Gasteiger partial charge in [0.05, 0.1) is 6.54 Å². The average Bonchev–Trinajstić information content (AvgIpc) is 3.18. The standard InChI is InChI=1S/C23H23NO2S/c1-17-5-3-4-6-21(17)22(11-13-24(2)15-23(25)26)19-9-7-18(8-10-19)20-12-14-27-16-20/h3-12,14,16H,13,15H2,1-2H3,(H,25,26)/b22-11-. The molecule has 2 aromatic carbocycles. The van der Waals surface area contributed by atoms with Crippen molar-refractivity contribution in [2.24, 2.45) is 0 Å². The van der Waals surface area contributed by atoms with Gasteiger partial charge in [-0.1, -0.05) is 54.6 Å². The highest BCUT2D eigenvalue weighted by Crippen LogP contribution is 2.29. The van der Waals surface area contributed by atoms with Crippen molar-refractivity contribution in [2.75, 3.05) is 20.1 Å². The van der Waals surface area contributed by atoms with E-state index in [0.717, 1.165) is 11.1 Å². The molecule has 0 saturated heterocycles. The van der Waals surface area contributed by atoms with Gasteiger partial charge in [0.25, 0.3) is 0 Å². The molecule has 0 spiro atoms. The molecule has 0 radical (unpaired) electrons. The molecule has 3 rings (SSSR count). The maximum atomic E-state index is 10.9. The molecule has 0 atom stereocenters. The smallest absolute Gasteiger partial charge is 0.317 e. The van der Waals surface area contributed by atoms with Crippen molar-refractivity contribution >= 4 is 22.9 Å². The number of hydrogen-bond acceptors (Lipinski definition) is 3. The van der Waals surface area contributed by atoms with Crippen LogP contribution in [0, 0.1) is 6.92 Å². The van der Waals surface area contributed by atoms with E-state index in [4.69, 9.17) is 5.11 Å². The Hall–Kier alpha value is -2.69. The van der Waals surface area contributed by atoms with Crippen LogP contribution in [0.5, 0.6) is 0 Å². The summed E-state index contributed by atoms with van der Waals surface area (Å²) in [6.07, 6.45) is 2.12. The number of hydrogen-bond donors (Lipinski definition) is 1. The summed E-state index contributed by atoms with van der Waals surface area (Å²) >= 11 is 1.70. The molecule has 27 heavy (non-hydrogen) atoms. The summed E-state index contributed by atoms with van der Waals surface area (Å²) in [4.78, 5) is 12.7. The molecule has 3 nitrogen and oxygen atoms in total. The molecule has 0 aliphatic rings. The lowest BCUT2D eigenvalue weighted by Gasteiger charge is -2.16. The van der Waals surface area contributed by atoms with Crippen LogP contribution in [0.3, 0.4) is 0 Å². The van der Waals surface area contributed by atoms with Crippen LogP contribution in [0.1, 0.15) is 16.7 Å². The van der Waals surface area contributed by atoms with Crippen LogP contribution in [0.25, 0.3) is 16.7 Å². The topological polar surface area (TPSA) is 40.5 Å². The minimum absolute atomic E-state index is 0.0225. The van der Waals surface area contributed by atoms with E-state index in [-0.39, 0.29) is 6.54 Å². The fourth-order valence-corrected chi connectivity index (χ4v) is 3.74. The predicted octanol–water partition coefficient (Wildman–Crippen LogP) is 5.17. The van der Waals surface area contributed by atoms with E-state index in [9.17, 15) is 4.79 Å². The number of benzene rings is 2. The lowest BCUT2D eigenvalue weighted by atomic mass is 9.93. The van der Waals surface area contributed by atoms with Gasteiger partial charge in [0.15, 0.2) is 0 Å². The summed E-state index contributed by atoms with van der Waals surface area (Å²) in [6, 6.07) is 19.0. The van der Waals surface area contributed by atoms with Gasteiger partial charge in [0.1, 0.15) is 0 Å². The second kappa shape index (κ2) is 8.80. The fraction of sp³-hybridized carbons (Fsp3) is 0.174. The zero-order chi connectivity index (χ0) is 19.2. The molecule has 1 aromatic heterocycles. The first kappa shape index (κ1) is 19.1. The molecule has 0 aliphatic carbocycles. The van der Waals surface area contributed by atoms with Crippen LogP contribution >= 0.6 is 11.3 Å². The summed E-state index contributed by atoms with van der Waals surface area (Å²) in [5.74, 6) is -0.816. The molecule has 1 heterocycles. The second-order valence-corrected chi connectivity index (χ2v) is 7.39. The Bertz CT molecular complexity index is 927. The van der Waals surface area contributed by atoms with E-state index >= 15 is 0 Å². The summed E-state index contributed by atoms with van der Waals surface area (Å²) in [7, 11) is 1.82. The molecule has 0 bridgehead atoms. The van der Waals surface area contributed by atoms with E-state index in [1.807, 2.05) is 19.2 Å². The van der Waals surface area contributed by atoms with Crippen molar-refractivity contribution in [2.45, 2.75) is 6.92 Å². The zero-order valence-corrected chi connectivity index (χ0v) is 16.4. The number of carboxylic acids is 1. The molecule has 0 unspecified atom stereocenters.